The first-order chi connectivity index (χ1) is 9.47. The van der Waals surface area contributed by atoms with E-state index in [1.54, 1.807) is 19.1 Å². The van der Waals surface area contributed by atoms with E-state index in [1.807, 2.05) is 12.1 Å². The van der Waals surface area contributed by atoms with Gasteiger partial charge in [-0.25, -0.2) is 13.1 Å². The number of hydrogen-bond donors (Lipinski definition) is 2. The van der Waals surface area contributed by atoms with E-state index < -0.39 is 10.0 Å². The van der Waals surface area contributed by atoms with Crippen LogP contribution in [0.1, 0.15) is 40.0 Å². The van der Waals surface area contributed by atoms with Crippen LogP contribution in [0.3, 0.4) is 0 Å². The summed E-state index contributed by atoms with van der Waals surface area (Å²) in [6.45, 7) is 7.40. The van der Waals surface area contributed by atoms with E-state index in [-0.39, 0.29) is 0 Å². The van der Waals surface area contributed by atoms with Crippen molar-refractivity contribution >= 4 is 15.7 Å². The van der Waals surface area contributed by atoms with Gasteiger partial charge in [0.15, 0.2) is 0 Å². The Balaban J connectivity index is 2.63. The Bertz CT molecular complexity index is 498. The molecule has 0 heterocycles. The van der Waals surface area contributed by atoms with Crippen molar-refractivity contribution in [1.29, 1.82) is 0 Å². The molecular formula is C15H26N2O2S. The van der Waals surface area contributed by atoms with Crippen LogP contribution in [-0.4, -0.2) is 21.5 Å². The average Bonchev–Trinajstić information content (AvgIpc) is 2.38. The standard InChI is InChI=1S/C15H26N2O2S/c1-4-17-20(18,19)15-11-6-5-10-14(15)16-12-8-7-9-13(2)3/h5-6,10-11,13,16-17H,4,7-9,12H2,1-3H3. The van der Waals surface area contributed by atoms with E-state index in [0.717, 1.165) is 25.3 Å². The molecule has 0 atom stereocenters. The topological polar surface area (TPSA) is 58.2 Å². The highest BCUT2D eigenvalue weighted by atomic mass is 32.2. The summed E-state index contributed by atoms with van der Waals surface area (Å²) in [4.78, 5) is 0.325. The van der Waals surface area contributed by atoms with Crippen LogP contribution in [0.4, 0.5) is 5.69 Å². The summed E-state index contributed by atoms with van der Waals surface area (Å²) in [6, 6.07) is 7.04. The minimum Gasteiger partial charge on any atom is -0.384 e. The maximum atomic E-state index is 12.1. The Kier molecular flexibility index (Phi) is 7.02. The zero-order valence-electron chi connectivity index (χ0n) is 12.6. The monoisotopic (exact) mass is 298 g/mol. The van der Waals surface area contributed by atoms with Crippen molar-refractivity contribution in [3.8, 4) is 0 Å². The number of benzene rings is 1. The van der Waals surface area contributed by atoms with Crippen molar-refractivity contribution in [3.05, 3.63) is 24.3 Å². The molecule has 5 heteroatoms. The van der Waals surface area contributed by atoms with E-state index in [2.05, 4.69) is 23.9 Å². The molecule has 1 rings (SSSR count). The maximum Gasteiger partial charge on any atom is 0.242 e. The Labute approximate surface area is 123 Å². The van der Waals surface area contributed by atoms with Crippen LogP contribution in [0.15, 0.2) is 29.2 Å². The molecule has 1 aromatic carbocycles. The fraction of sp³-hybridized carbons (Fsp3) is 0.600. The molecule has 0 saturated carbocycles. The molecule has 20 heavy (non-hydrogen) atoms. The molecule has 1 aromatic rings. The summed E-state index contributed by atoms with van der Waals surface area (Å²) in [6.07, 6.45) is 3.42. The second kappa shape index (κ2) is 8.27. The van der Waals surface area contributed by atoms with Crippen LogP contribution >= 0.6 is 0 Å². The lowest BCUT2D eigenvalue weighted by molar-refractivity contribution is 0.544. The quantitative estimate of drug-likeness (QED) is 0.688. The normalized spacial score (nSPS) is 11.8. The lowest BCUT2D eigenvalue weighted by atomic mass is 10.1. The lowest BCUT2D eigenvalue weighted by Crippen LogP contribution is -2.24. The number of unbranched alkanes of at least 4 members (excludes halogenated alkanes) is 1. The predicted octanol–water partition coefficient (Wildman–Crippen LogP) is 3.22. The number of rotatable bonds is 9. The average molecular weight is 298 g/mol. The van der Waals surface area contributed by atoms with Crippen molar-refractivity contribution in [1.82, 2.24) is 4.72 Å². The molecule has 0 radical (unpaired) electrons. The predicted molar refractivity (Wildman–Crippen MR) is 84.5 cm³/mol. The summed E-state index contributed by atoms with van der Waals surface area (Å²) in [7, 11) is -3.41. The summed E-state index contributed by atoms with van der Waals surface area (Å²) in [5.74, 6) is 0.719. The van der Waals surface area contributed by atoms with Crippen molar-refractivity contribution < 1.29 is 8.42 Å². The third-order valence-corrected chi connectivity index (χ3v) is 4.64. The molecule has 0 aliphatic rings. The zero-order chi connectivity index (χ0) is 15.0. The first-order valence-corrected chi connectivity index (χ1v) is 8.78. The van der Waals surface area contributed by atoms with E-state index >= 15 is 0 Å². The molecule has 0 aromatic heterocycles. The van der Waals surface area contributed by atoms with Gasteiger partial charge >= 0.3 is 0 Å². The maximum absolute atomic E-state index is 12.1. The second-order valence-corrected chi connectivity index (χ2v) is 7.05. The summed E-state index contributed by atoms with van der Waals surface area (Å²) >= 11 is 0. The van der Waals surface area contributed by atoms with Crippen LogP contribution in [-0.2, 0) is 10.0 Å². The third-order valence-electron chi connectivity index (χ3n) is 3.03. The number of sulfonamides is 1. The molecule has 114 valence electrons. The number of hydrogen-bond acceptors (Lipinski definition) is 3. The largest absolute Gasteiger partial charge is 0.384 e. The molecule has 0 fully saturated rings. The Hall–Kier alpha value is -1.07. The Morgan fingerprint density at radius 1 is 1.15 bits per heavy atom. The minimum atomic E-state index is -3.41. The molecule has 0 bridgehead atoms. The molecule has 0 saturated heterocycles. The SMILES string of the molecule is CCNS(=O)(=O)c1ccccc1NCCCCC(C)C. The fourth-order valence-electron chi connectivity index (χ4n) is 2.02. The molecule has 0 aliphatic heterocycles. The second-order valence-electron chi connectivity index (χ2n) is 5.31. The van der Waals surface area contributed by atoms with Gasteiger partial charge in [-0.05, 0) is 24.5 Å². The van der Waals surface area contributed by atoms with Crippen LogP contribution in [0.5, 0.6) is 0 Å². The molecule has 4 nitrogen and oxygen atoms in total. The first-order valence-electron chi connectivity index (χ1n) is 7.30. The number of nitrogens with one attached hydrogen (secondary N) is 2. The molecule has 0 unspecified atom stereocenters. The highest BCUT2D eigenvalue weighted by Crippen LogP contribution is 2.20. The van der Waals surface area contributed by atoms with Gasteiger partial charge in [-0.15, -0.1) is 0 Å². The molecule has 0 aliphatic carbocycles. The molecular weight excluding hydrogens is 272 g/mol. The van der Waals surface area contributed by atoms with Gasteiger partial charge in [-0.2, -0.15) is 0 Å². The zero-order valence-corrected chi connectivity index (χ0v) is 13.5. The first kappa shape index (κ1) is 17.0. The smallest absolute Gasteiger partial charge is 0.242 e. The highest BCUT2D eigenvalue weighted by molar-refractivity contribution is 7.89. The Morgan fingerprint density at radius 3 is 2.50 bits per heavy atom. The van der Waals surface area contributed by atoms with Crippen LogP contribution < -0.4 is 10.0 Å². The van der Waals surface area contributed by atoms with Gasteiger partial charge in [0.2, 0.25) is 10.0 Å². The van der Waals surface area contributed by atoms with Gasteiger partial charge in [0.25, 0.3) is 0 Å². The fourth-order valence-corrected chi connectivity index (χ4v) is 3.24. The van der Waals surface area contributed by atoms with Gasteiger partial charge < -0.3 is 5.32 Å². The van der Waals surface area contributed by atoms with Gasteiger partial charge in [0.05, 0.1) is 5.69 Å². The van der Waals surface area contributed by atoms with Crippen LogP contribution in [0, 0.1) is 5.92 Å². The van der Waals surface area contributed by atoms with Crippen LogP contribution in [0.25, 0.3) is 0 Å². The lowest BCUT2D eigenvalue weighted by Gasteiger charge is -2.13. The highest BCUT2D eigenvalue weighted by Gasteiger charge is 2.16. The van der Waals surface area contributed by atoms with Crippen molar-refractivity contribution in [2.45, 2.75) is 44.9 Å². The molecule has 0 spiro atoms. The van der Waals surface area contributed by atoms with Crippen LogP contribution in [0.2, 0.25) is 0 Å². The molecule has 2 N–H and O–H groups in total. The third kappa shape index (κ3) is 5.51. The molecule has 0 amide bonds. The van der Waals surface area contributed by atoms with Crippen molar-refractivity contribution in [2.24, 2.45) is 5.92 Å². The van der Waals surface area contributed by atoms with E-state index in [0.29, 0.717) is 17.1 Å². The minimum absolute atomic E-state index is 0.325. The summed E-state index contributed by atoms with van der Waals surface area (Å²) in [5.41, 5.74) is 0.679. The van der Waals surface area contributed by atoms with E-state index in [9.17, 15) is 8.42 Å². The van der Waals surface area contributed by atoms with Crippen molar-refractivity contribution in [3.63, 3.8) is 0 Å². The van der Waals surface area contributed by atoms with Gasteiger partial charge in [0, 0.05) is 13.1 Å². The van der Waals surface area contributed by atoms with Gasteiger partial charge in [0.1, 0.15) is 4.90 Å². The number of anilines is 1. The summed E-state index contributed by atoms with van der Waals surface area (Å²) < 4.78 is 26.7. The summed E-state index contributed by atoms with van der Waals surface area (Å²) in [5, 5.41) is 3.23. The Morgan fingerprint density at radius 2 is 1.85 bits per heavy atom. The van der Waals surface area contributed by atoms with Gasteiger partial charge in [-0.3, -0.25) is 0 Å². The number of para-hydroxylation sites is 1. The van der Waals surface area contributed by atoms with E-state index in [4.69, 9.17) is 0 Å². The van der Waals surface area contributed by atoms with Crippen molar-refractivity contribution in [2.75, 3.05) is 18.4 Å². The van der Waals surface area contributed by atoms with Gasteiger partial charge in [-0.1, -0.05) is 45.7 Å². The van der Waals surface area contributed by atoms with E-state index in [1.165, 1.54) is 6.42 Å².